The second kappa shape index (κ2) is 3.32. The number of carboxylic acids is 1. The zero-order chi connectivity index (χ0) is 11.0. The minimum atomic E-state index is -1.31. The number of hydrogen-bond acceptors (Lipinski definition) is 4. The molecule has 15 heavy (non-hydrogen) atoms. The van der Waals surface area contributed by atoms with Crippen LogP contribution >= 0.6 is 0 Å². The highest BCUT2D eigenvalue weighted by Crippen LogP contribution is 2.23. The number of carboxylic acid groups (broad SMARTS) is 1. The molecule has 3 N–H and O–H groups in total. The van der Waals surface area contributed by atoms with Crippen molar-refractivity contribution in [3.8, 4) is 0 Å². The summed E-state index contributed by atoms with van der Waals surface area (Å²) in [6, 6.07) is 2.40. The van der Waals surface area contributed by atoms with E-state index in [2.05, 4.69) is 5.16 Å². The minimum Gasteiger partial charge on any atom is -0.480 e. The highest BCUT2D eigenvalue weighted by molar-refractivity contribution is 5.85. The molecule has 0 saturated carbocycles. The van der Waals surface area contributed by atoms with E-state index in [1.807, 2.05) is 0 Å². The molecule has 0 aliphatic rings. The van der Waals surface area contributed by atoms with Gasteiger partial charge in [-0.25, -0.2) is 4.39 Å². The number of hydrogen-bond donors (Lipinski definition) is 2. The van der Waals surface area contributed by atoms with Gasteiger partial charge >= 0.3 is 5.97 Å². The average molecular weight is 210 g/mol. The number of aromatic nitrogens is 1. The zero-order valence-electron chi connectivity index (χ0n) is 7.48. The Kier molecular flexibility index (Phi) is 2.12. The SMILES string of the molecule is N[C@@H](C(=O)O)c1noc2ccc(F)cc12. The summed E-state index contributed by atoms with van der Waals surface area (Å²) < 4.78 is 17.7. The van der Waals surface area contributed by atoms with E-state index in [0.29, 0.717) is 5.58 Å². The average Bonchev–Trinajstić information content (AvgIpc) is 2.59. The van der Waals surface area contributed by atoms with Gasteiger partial charge in [-0.1, -0.05) is 5.16 Å². The van der Waals surface area contributed by atoms with Gasteiger partial charge < -0.3 is 15.4 Å². The van der Waals surface area contributed by atoms with Crippen LogP contribution in [-0.4, -0.2) is 16.2 Å². The second-order valence-electron chi connectivity index (χ2n) is 3.02. The molecule has 0 fully saturated rings. The first-order valence-electron chi connectivity index (χ1n) is 4.13. The topological polar surface area (TPSA) is 89.4 Å². The van der Waals surface area contributed by atoms with Gasteiger partial charge in [0.2, 0.25) is 0 Å². The number of rotatable bonds is 2. The third-order valence-electron chi connectivity index (χ3n) is 2.02. The fourth-order valence-corrected chi connectivity index (χ4v) is 1.27. The highest BCUT2D eigenvalue weighted by Gasteiger charge is 2.21. The molecule has 1 aromatic carbocycles. The van der Waals surface area contributed by atoms with Crippen LogP contribution in [0.4, 0.5) is 4.39 Å². The first-order chi connectivity index (χ1) is 7.09. The summed E-state index contributed by atoms with van der Waals surface area (Å²) in [5, 5.41) is 12.5. The first-order valence-corrected chi connectivity index (χ1v) is 4.13. The highest BCUT2D eigenvalue weighted by atomic mass is 19.1. The molecule has 0 aliphatic carbocycles. The maximum Gasteiger partial charge on any atom is 0.326 e. The molecule has 2 rings (SSSR count). The molecule has 2 aromatic rings. The molecule has 0 amide bonds. The second-order valence-corrected chi connectivity index (χ2v) is 3.02. The van der Waals surface area contributed by atoms with Crippen LogP contribution in [-0.2, 0) is 4.79 Å². The van der Waals surface area contributed by atoms with Crippen molar-refractivity contribution in [2.75, 3.05) is 0 Å². The van der Waals surface area contributed by atoms with Crippen LogP contribution in [0, 0.1) is 5.82 Å². The zero-order valence-corrected chi connectivity index (χ0v) is 7.48. The maximum absolute atomic E-state index is 12.9. The Morgan fingerprint density at radius 2 is 2.33 bits per heavy atom. The normalized spacial score (nSPS) is 12.9. The molecule has 6 heteroatoms. The Bertz CT molecular complexity index is 523. The van der Waals surface area contributed by atoms with Crippen molar-refractivity contribution >= 4 is 16.9 Å². The smallest absolute Gasteiger partial charge is 0.326 e. The van der Waals surface area contributed by atoms with Crippen molar-refractivity contribution in [1.29, 1.82) is 0 Å². The summed E-state index contributed by atoms with van der Waals surface area (Å²) in [6.45, 7) is 0. The molecule has 78 valence electrons. The Labute approximate surface area is 83.3 Å². The monoisotopic (exact) mass is 210 g/mol. The number of aliphatic carboxylic acids is 1. The van der Waals surface area contributed by atoms with E-state index >= 15 is 0 Å². The lowest BCUT2D eigenvalue weighted by Crippen LogP contribution is -2.21. The van der Waals surface area contributed by atoms with Gasteiger partial charge in [0.25, 0.3) is 0 Å². The van der Waals surface area contributed by atoms with Gasteiger partial charge in [0.05, 0.1) is 5.39 Å². The molecule has 0 unspecified atom stereocenters. The molecule has 0 saturated heterocycles. The predicted molar refractivity (Wildman–Crippen MR) is 48.5 cm³/mol. The van der Waals surface area contributed by atoms with Crippen molar-refractivity contribution in [2.24, 2.45) is 5.73 Å². The van der Waals surface area contributed by atoms with Crippen LogP contribution in [0.15, 0.2) is 22.7 Å². The van der Waals surface area contributed by atoms with Crippen LogP contribution in [0.5, 0.6) is 0 Å². The molecule has 1 atom stereocenters. The van der Waals surface area contributed by atoms with E-state index in [4.69, 9.17) is 15.4 Å². The molecule has 0 radical (unpaired) electrons. The van der Waals surface area contributed by atoms with Gasteiger partial charge in [0, 0.05) is 0 Å². The van der Waals surface area contributed by atoms with E-state index < -0.39 is 17.8 Å². The number of carbonyl (C=O) groups is 1. The summed E-state index contributed by atoms with van der Waals surface area (Å²) in [7, 11) is 0. The fraction of sp³-hybridized carbons (Fsp3) is 0.111. The fourth-order valence-electron chi connectivity index (χ4n) is 1.27. The summed E-state index contributed by atoms with van der Waals surface area (Å²) >= 11 is 0. The van der Waals surface area contributed by atoms with Gasteiger partial charge in [-0.2, -0.15) is 0 Å². The summed E-state index contributed by atoms with van der Waals surface area (Å²) in [5.74, 6) is -1.74. The Morgan fingerprint density at radius 3 is 3.00 bits per heavy atom. The molecule has 0 bridgehead atoms. The van der Waals surface area contributed by atoms with Gasteiger partial charge in [0.1, 0.15) is 11.5 Å². The third kappa shape index (κ3) is 1.55. The van der Waals surface area contributed by atoms with Gasteiger partial charge in [-0.3, -0.25) is 4.79 Å². The quantitative estimate of drug-likeness (QED) is 0.773. The molecular formula is C9H7FN2O3. The molecule has 1 heterocycles. The molecular weight excluding hydrogens is 203 g/mol. The van der Waals surface area contributed by atoms with E-state index in [0.717, 1.165) is 6.07 Å². The van der Waals surface area contributed by atoms with Crippen molar-refractivity contribution < 1.29 is 18.8 Å². The lowest BCUT2D eigenvalue weighted by molar-refractivity contribution is -0.138. The summed E-state index contributed by atoms with van der Waals surface area (Å²) in [4.78, 5) is 10.6. The van der Waals surface area contributed by atoms with E-state index in [-0.39, 0.29) is 11.1 Å². The van der Waals surface area contributed by atoms with Crippen LogP contribution < -0.4 is 5.73 Å². The largest absolute Gasteiger partial charge is 0.480 e. The van der Waals surface area contributed by atoms with Crippen LogP contribution in [0.3, 0.4) is 0 Å². The van der Waals surface area contributed by atoms with Crippen molar-refractivity contribution in [1.82, 2.24) is 5.16 Å². The summed E-state index contributed by atoms with van der Waals surface area (Å²) in [6.07, 6.45) is 0. The lowest BCUT2D eigenvalue weighted by atomic mass is 10.1. The number of nitrogens with two attached hydrogens (primary N) is 1. The number of fused-ring (bicyclic) bond motifs is 1. The molecule has 0 spiro atoms. The third-order valence-corrected chi connectivity index (χ3v) is 2.02. The van der Waals surface area contributed by atoms with Crippen LogP contribution in [0.1, 0.15) is 11.7 Å². The minimum absolute atomic E-state index is 0.0250. The number of halogens is 1. The Hall–Kier alpha value is -1.95. The van der Waals surface area contributed by atoms with Gasteiger partial charge in [0.15, 0.2) is 11.6 Å². The predicted octanol–water partition coefficient (Wildman–Crippen LogP) is 1.05. The van der Waals surface area contributed by atoms with E-state index in [1.54, 1.807) is 0 Å². The van der Waals surface area contributed by atoms with Crippen molar-refractivity contribution in [3.05, 3.63) is 29.7 Å². The standard InChI is InChI=1S/C9H7FN2O3/c10-4-1-2-6-5(3-4)8(12-15-6)7(11)9(13)14/h1-3,7H,11H2,(H,13,14)/t7-/m1/s1. The Morgan fingerprint density at radius 1 is 1.60 bits per heavy atom. The van der Waals surface area contributed by atoms with Crippen LogP contribution in [0.25, 0.3) is 11.0 Å². The summed E-state index contributed by atoms with van der Waals surface area (Å²) in [5.41, 5.74) is 5.69. The lowest BCUT2D eigenvalue weighted by Gasteiger charge is -2.00. The Balaban J connectivity index is 2.61. The first kappa shape index (κ1) is 9.60. The maximum atomic E-state index is 12.9. The number of nitrogens with zero attached hydrogens (tertiary/aromatic N) is 1. The van der Waals surface area contributed by atoms with Gasteiger partial charge in [-0.15, -0.1) is 0 Å². The van der Waals surface area contributed by atoms with E-state index in [1.165, 1.54) is 12.1 Å². The van der Waals surface area contributed by atoms with E-state index in [9.17, 15) is 9.18 Å². The number of benzene rings is 1. The van der Waals surface area contributed by atoms with Crippen molar-refractivity contribution in [2.45, 2.75) is 6.04 Å². The van der Waals surface area contributed by atoms with Gasteiger partial charge in [-0.05, 0) is 18.2 Å². The van der Waals surface area contributed by atoms with Crippen molar-refractivity contribution in [3.63, 3.8) is 0 Å². The molecule has 5 nitrogen and oxygen atoms in total. The van der Waals surface area contributed by atoms with Crippen LogP contribution in [0.2, 0.25) is 0 Å². The molecule has 1 aromatic heterocycles. The molecule has 0 aliphatic heterocycles.